The summed E-state index contributed by atoms with van der Waals surface area (Å²) in [6.45, 7) is 8.63. The number of rotatable bonds is 4. The molecule has 6 heteroatoms. The first-order valence-electron chi connectivity index (χ1n) is 9.23. The van der Waals surface area contributed by atoms with E-state index in [1.165, 1.54) is 38.5 Å². The lowest BCUT2D eigenvalue weighted by Crippen LogP contribution is -2.56. The molecule has 134 valence electrons. The number of nitrogens with zero attached hydrogens (tertiary/aromatic N) is 2. The maximum absolute atomic E-state index is 12.5. The number of halogens is 1. The molecule has 0 aromatic heterocycles. The quantitative estimate of drug-likeness (QED) is 0.805. The van der Waals surface area contributed by atoms with Crippen LogP contribution in [0.1, 0.15) is 45.4 Å². The van der Waals surface area contributed by atoms with Gasteiger partial charge in [-0.1, -0.05) is 19.3 Å². The minimum absolute atomic E-state index is 0. The van der Waals surface area contributed by atoms with E-state index in [4.69, 9.17) is 0 Å². The van der Waals surface area contributed by atoms with Gasteiger partial charge in [-0.3, -0.25) is 14.6 Å². The molecule has 3 aliphatic rings. The van der Waals surface area contributed by atoms with E-state index in [0.717, 1.165) is 39.3 Å². The topological polar surface area (TPSA) is 47.6 Å². The third-order valence-corrected chi connectivity index (χ3v) is 5.78. The molecule has 0 aromatic carbocycles. The summed E-state index contributed by atoms with van der Waals surface area (Å²) in [6, 6.07) is 1.16. The van der Waals surface area contributed by atoms with E-state index in [9.17, 15) is 4.79 Å². The molecule has 2 heterocycles. The van der Waals surface area contributed by atoms with Gasteiger partial charge in [-0.05, 0) is 32.7 Å². The highest BCUT2D eigenvalue weighted by Gasteiger charge is 2.30. The normalized spacial score (nSPS) is 29.0. The van der Waals surface area contributed by atoms with Crippen molar-refractivity contribution in [3.05, 3.63) is 0 Å². The zero-order chi connectivity index (χ0) is 15.4. The van der Waals surface area contributed by atoms with Gasteiger partial charge in [0.2, 0.25) is 5.91 Å². The lowest BCUT2D eigenvalue weighted by Gasteiger charge is -2.40. The minimum Gasteiger partial charge on any atom is -0.352 e. The summed E-state index contributed by atoms with van der Waals surface area (Å²) < 4.78 is 0. The van der Waals surface area contributed by atoms with Crippen LogP contribution in [0.25, 0.3) is 0 Å². The summed E-state index contributed by atoms with van der Waals surface area (Å²) in [5.74, 6) is 0.239. The smallest absolute Gasteiger partial charge is 0.237 e. The molecule has 0 bridgehead atoms. The monoisotopic (exact) mass is 344 g/mol. The van der Waals surface area contributed by atoms with E-state index in [-0.39, 0.29) is 24.4 Å². The molecule has 2 saturated heterocycles. The molecule has 0 radical (unpaired) electrons. The molecule has 5 nitrogen and oxygen atoms in total. The van der Waals surface area contributed by atoms with Crippen molar-refractivity contribution in [3.63, 3.8) is 0 Å². The Kier molecular flexibility index (Phi) is 7.60. The number of nitrogens with one attached hydrogen (secondary N) is 2. The van der Waals surface area contributed by atoms with Crippen LogP contribution in [-0.2, 0) is 4.79 Å². The molecular formula is C17H33ClN4O. The van der Waals surface area contributed by atoms with Crippen LogP contribution in [0.5, 0.6) is 0 Å². The molecule has 2 unspecified atom stereocenters. The number of hydrogen-bond donors (Lipinski definition) is 2. The molecule has 23 heavy (non-hydrogen) atoms. The number of hydrogen-bond acceptors (Lipinski definition) is 4. The number of carbonyl (C=O) groups excluding carboxylic acids is 1. The van der Waals surface area contributed by atoms with Gasteiger partial charge in [0.15, 0.2) is 0 Å². The van der Waals surface area contributed by atoms with E-state index in [1.54, 1.807) is 0 Å². The summed E-state index contributed by atoms with van der Waals surface area (Å²) in [5, 5.41) is 6.73. The Morgan fingerprint density at radius 3 is 2.39 bits per heavy atom. The summed E-state index contributed by atoms with van der Waals surface area (Å²) in [5.41, 5.74) is 0. The van der Waals surface area contributed by atoms with Gasteiger partial charge in [0, 0.05) is 44.8 Å². The molecule has 2 atom stereocenters. The lowest BCUT2D eigenvalue weighted by molar-refractivity contribution is -0.127. The van der Waals surface area contributed by atoms with Gasteiger partial charge in [-0.25, -0.2) is 0 Å². The van der Waals surface area contributed by atoms with Crippen molar-refractivity contribution < 1.29 is 4.79 Å². The molecule has 2 N–H and O–H groups in total. The van der Waals surface area contributed by atoms with Crippen LogP contribution in [0.15, 0.2) is 0 Å². The lowest BCUT2D eigenvalue weighted by atomic mass is 9.95. The Hall–Kier alpha value is -0.360. The number of piperazine rings is 1. The Morgan fingerprint density at radius 1 is 1.09 bits per heavy atom. The first-order chi connectivity index (χ1) is 10.7. The van der Waals surface area contributed by atoms with Crippen LogP contribution in [0, 0.1) is 0 Å². The molecule has 0 spiro atoms. The summed E-state index contributed by atoms with van der Waals surface area (Å²) in [4.78, 5) is 17.4. The minimum atomic E-state index is 0. The van der Waals surface area contributed by atoms with Crippen LogP contribution in [0.4, 0.5) is 0 Å². The van der Waals surface area contributed by atoms with Crippen molar-refractivity contribution in [2.75, 3.05) is 39.3 Å². The van der Waals surface area contributed by atoms with Crippen molar-refractivity contribution in [2.24, 2.45) is 0 Å². The molecule has 3 fully saturated rings. The number of amides is 1. The first kappa shape index (κ1) is 19.0. The summed E-state index contributed by atoms with van der Waals surface area (Å²) in [6.07, 6.45) is 7.49. The van der Waals surface area contributed by atoms with Gasteiger partial charge in [0.1, 0.15) is 0 Å². The van der Waals surface area contributed by atoms with Crippen molar-refractivity contribution in [2.45, 2.75) is 63.6 Å². The first-order valence-corrected chi connectivity index (χ1v) is 9.23. The zero-order valence-electron chi connectivity index (χ0n) is 14.4. The van der Waals surface area contributed by atoms with Crippen LogP contribution in [0.3, 0.4) is 0 Å². The molecule has 1 saturated carbocycles. The van der Waals surface area contributed by atoms with Crippen molar-refractivity contribution >= 4 is 18.3 Å². The molecular weight excluding hydrogens is 312 g/mol. The average Bonchev–Trinajstić information content (AvgIpc) is 3.10. The van der Waals surface area contributed by atoms with Gasteiger partial charge >= 0.3 is 0 Å². The van der Waals surface area contributed by atoms with E-state index >= 15 is 0 Å². The van der Waals surface area contributed by atoms with E-state index in [1.807, 2.05) is 0 Å². The fourth-order valence-corrected chi connectivity index (χ4v) is 4.18. The Morgan fingerprint density at radius 2 is 1.78 bits per heavy atom. The molecule has 1 aliphatic carbocycles. The molecule has 2 aliphatic heterocycles. The second-order valence-corrected chi connectivity index (χ2v) is 7.24. The van der Waals surface area contributed by atoms with Gasteiger partial charge in [0.25, 0.3) is 0 Å². The second kappa shape index (κ2) is 9.21. The van der Waals surface area contributed by atoms with Crippen LogP contribution in [0.2, 0.25) is 0 Å². The van der Waals surface area contributed by atoms with Crippen LogP contribution in [-0.4, -0.2) is 73.1 Å². The third kappa shape index (κ3) is 5.05. The predicted molar refractivity (Wildman–Crippen MR) is 96.1 cm³/mol. The van der Waals surface area contributed by atoms with Gasteiger partial charge < -0.3 is 10.6 Å². The molecule has 1 amide bonds. The van der Waals surface area contributed by atoms with Crippen molar-refractivity contribution in [3.8, 4) is 0 Å². The van der Waals surface area contributed by atoms with Crippen molar-refractivity contribution in [1.29, 1.82) is 0 Å². The highest BCUT2D eigenvalue weighted by atomic mass is 35.5. The average molecular weight is 345 g/mol. The maximum atomic E-state index is 12.5. The van der Waals surface area contributed by atoms with Gasteiger partial charge in [-0.15, -0.1) is 12.4 Å². The fraction of sp³-hybridized carbons (Fsp3) is 0.941. The van der Waals surface area contributed by atoms with E-state index in [0.29, 0.717) is 12.1 Å². The molecule has 0 aromatic rings. The third-order valence-electron chi connectivity index (χ3n) is 5.78. The van der Waals surface area contributed by atoms with Crippen LogP contribution >= 0.6 is 12.4 Å². The fourth-order valence-electron chi connectivity index (χ4n) is 4.18. The van der Waals surface area contributed by atoms with Crippen LogP contribution < -0.4 is 10.6 Å². The zero-order valence-corrected chi connectivity index (χ0v) is 15.2. The van der Waals surface area contributed by atoms with Crippen molar-refractivity contribution in [1.82, 2.24) is 20.4 Å². The maximum Gasteiger partial charge on any atom is 0.237 e. The van der Waals surface area contributed by atoms with Gasteiger partial charge in [-0.2, -0.15) is 0 Å². The highest BCUT2D eigenvalue weighted by Crippen LogP contribution is 2.18. The SMILES string of the molecule is CC(C(=O)NC1CCCCC1)N1CCN(C2CCNC2)CC1.Cl. The Labute approximate surface area is 146 Å². The molecule has 3 rings (SSSR count). The highest BCUT2D eigenvalue weighted by molar-refractivity contribution is 5.85. The number of carbonyl (C=O) groups is 1. The standard InChI is InChI=1S/C17H32N4O.ClH/c1-14(17(22)19-15-5-3-2-4-6-15)20-9-11-21(12-10-20)16-7-8-18-13-16;/h14-16,18H,2-13H2,1H3,(H,19,22);1H. The van der Waals surface area contributed by atoms with Gasteiger partial charge in [0.05, 0.1) is 6.04 Å². The van der Waals surface area contributed by atoms with E-state index in [2.05, 4.69) is 27.4 Å². The van der Waals surface area contributed by atoms with E-state index < -0.39 is 0 Å². The summed E-state index contributed by atoms with van der Waals surface area (Å²) in [7, 11) is 0. The largest absolute Gasteiger partial charge is 0.352 e. The Balaban J connectivity index is 0.00000192. The predicted octanol–water partition coefficient (Wildman–Crippen LogP) is 1.23. The Bertz CT molecular complexity index is 362. The second-order valence-electron chi connectivity index (χ2n) is 7.24. The summed E-state index contributed by atoms with van der Waals surface area (Å²) >= 11 is 0.